The molecule has 0 spiro atoms. The minimum atomic E-state index is -0.0732. The third kappa shape index (κ3) is 5.53. The largest absolute Gasteiger partial charge is 0.466 e. The highest BCUT2D eigenvalue weighted by atomic mass is 32.2. The van der Waals surface area contributed by atoms with Gasteiger partial charge in [-0.15, -0.1) is 0 Å². The lowest BCUT2D eigenvalue weighted by atomic mass is 10.2. The van der Waals surface area contributed by atoms with Gasteiger partial charge in [-0.3, -0.25) is 4.79 Å². The van der Waals surface area contributed by atoms with Gasteiger partial charge in [0.15, 0.2) is 0 Å². The predicted molar refractivity (Wildman–Crippen MR) is 62.6 cm³/mol. The van der Waals surface area contributed by atoms with Gasteiger partial charge in [0.25, 0.3) is 0 Å². The number of esters is 1. The summed E-state index contributed by atoms with van der Waals surface area (Å²) < 4.78 is 4.94. The van der Waals surface area contributed by atoms with E-state index in [1.807, 2.05) is 25.6 Å². The maximum atomic E-state index is 11.3. The van der Waals surface area contributed by atoms with Crippen LogP contribution in [0.15, 0.2) is 0 Å². The maximum Gasteiger partial charge on any atom is 0.309 e. The molecule has 14 heavy (non-hydrogen) atoms. The number of carbonyl (C=O) groups excluding carboxylic acids is 1. The van der Waals surface area contributed by atoms with Crippen LogP contribution in [0.3, 0.4) is 0 Å². The molecule has 2 unspecified atom stereocenters. The lowest BCUT2D eigenvalue weighted by Crippen LogP contribution is -2.18. The fourth-order valence-corrected chi connectivity index (χ4v) is 1.95. The van der Waals surface area contributed by atoms with Crippen molar-refractivity contribution in [1.82, 2.24) is 0 Å². The van der Waals surface area contributed by atoms with Crippen molar-refractivity contribution in [3.05, 3.63) is 0 Å². The topological polar surface area (TPSA) is 26.3 Å². The lowest BCUT2D eigenvalue weighted by Gasteiger charge is -2.17. The van der Waals surface area contributed by atoms with Crippen LogP contribution in [0.1, 0.15) is 34.6 Å². The average Bonchev–Trinajstić information content (AvgIpc) is 2.13. The molecule has 0 fully saturated rings. The molecule has 2 nitrogen and oxygen atoms in total. The van der Waals surface area contributed by atoms with Crippen LogP contribution in [0.2, 0.25) is 0 Å². The van der Waals surface area contributed by atoms with Crippen molar-refractivity contribution in [2.24, 2.45) is 11.8 Å². The van der Waals surface area contributed by atoms with E-state index in [1.54, 1.807) is 0 Å². The van der Waals surface area contributed by atoms with Crippen LogP contribution in [0.4, 0.5) is 0 Å². The Morgan fingerprint density at radius 2 is 1.86 bits per heavy atom. The predicted octanol–water partition coefficient (Wildman–Crippen LogP) is 2.96. The van der Waals surface area contributed by atoms with Crippen molar-refractivity contribution >= 4 is 17.7 Å². The summed E-state index contributed by atoms with van der Waals surface area (Å²) in [5.74, 6) is 1.46. The molecule has 0 radical (unpaired) electrons. The number of hydrogen-bond donors (Lipinski definition) is 0. The van der Waals surface area contributed by atoms with E-state index >= 15 is 0 Å². The Balaban J connectivity index is 3.72. The highest BCUT2D eigenvalue weighted by molar-refractivity contribution is 7.99. The Morgan fingerprint density at radius 1 is 1.29 bits per heavy atom. The highest BCUT2D eigenvalue weighted by Crippen LogP contribution is 2.21. The fourth-order valence-electron chi connectivity index (χ4n) is 0.841. The van der Waals surface area contributed by atoms with Crippen LogP contribution in [0, 0.1) is 11.8 Å². The van der Waals surface area contributed by atoms with E-state index in [0.29, 0.717) is 17.8 Å². The second-order valence-corrected chi connectivity index (χ2v) is 5.35. The molecule has 0 aliphatic heterocycles. The van der Waals surface area contributed by atoms with E-state index in [0.717, 1.165) is 5.75 Å². The second kappa shape index (κ2) is 7.16. The number of carbonyl (C=O) groups is 1. The molecule has 0 rings (SSSR count). The molecular weight excluding hydrogens is 196 g/mol. The molecule has 3 heteroatoms. The SMILES string of the molecule is CCOC(=O)C(C)CSC(C)C(C)C. The summed E-state index contributed by atoms with van der Waals surface area (Å²) in [5.41, 5.74) is 0. The monoisotopic (exact) mass is 218 g/mol. The summed E-state index contributed by atoms with van der Waals surface area (Å²) in [7, 11) is 0. The smallest absolute Gasteiger partial charge is 0.309 e. The first-order valence-electron chi connectivity index (χ1n) is 5.27. The zero-order valence-corrected chi connectivity index (χ0v) is 10.7. The quantitative estimate of drug-likeness (QED) is 0.641. The first kappa shape index (κ1) is 13.8. The number of thioether (sulfide) groups is 1. The molecule has 0 saturated heterocycles. The third-order valence-electron chi connectivity index (χ3n) is 2.24. The first-order valence-corrected chi connectivity index (χ1v) is 6.32. The summed E-state index contributed by atoms with van der Waals surface area (Å²) in [4.78, 5) is 11.3. The minimum Gasteiger partial charge on any atom is -0.466 e. The van der Waals surface area contributed by atoms with Crippen molar-refractivity contribution < 1.29 is 9.53 Å². The van der Waals surface area contributed by atoms with Gasteiger partial charge in [0.2, 0.25) is 0 Å². The van der Waals surface area contributed by atoms with E-state index < -0.39 is 0 Å². The van der Waals surface area contributed by atoms with Gasteiger partial charge in [-0.1, -0.05) is 27.7 Å². The van der Waals surface area contributed by atoms with Crippen LogP contribution >= 0.6 is 11.8 Å². The van der Waals surface area contributed by atoms with Crippen molar-refractivity contribution in [3.8, 4) is 0 Å². The second-order valence-electron chi connectivity index (χ2n) is 3.94. The molecule has 0 N–H and O–H groups in total. The van der Waals surface area contributed by atoms with Crippen LogP contribution in [-0.4, -0.2) is 23.6 Å². The molecule has 84 valence electrons. The summed E-state index contributed by atoms with van der Waals surface area (Å²) >= 11 is 1.85. The van der Waals surface area contributed by atoms with Gasteiger partial charge >= 0.3 is 5.97 Å². The van der Waals surface area contributed by atoms with Crippen LogP contribution in [-0.2, 0) is 9.53 Å². The molecule has 0 saturated carbocycles. The van der Waals surface area contributed by atoms with Gasteiger partial charge in [0, 0.05) is 11.0 Å². The van der Waals surface area contributed by atoms with E-state index in [4.69, 9.17) is 4.74 Å². The van der Waals surface area contributed by atoms with Gasteiger partial charge < -0.3 is 4.74 Å². The van der Waals surface area contributed by atoms with E-state index in [1.165, 1.54) is 0 Å². The van der Waals surface area contributed by atoms with E-state index in [9.17, 15) is 4.79 Å². The molecule has 0 amide bonds. The summed E-state index contributed by atoms with van der Waals surface area (Å²) in [6, 6.07) is 0. The Kier molecular flexibility index (Phi) is 7.06. The summed E-state index contributed by atoms with van der Waals surface area (Å²) in [6.45, 7) is 10.9. The van der Waals surface area contributed by atoms with Gasteiger partial charge in [-0.2, -0.15) is 11.8 Å². The molecule has 0 aromatic carbocycles. The zero-order valence-electron chi connectivity index (χ0n) is 9.87. The molecule has 0 aliphatic rings. The Morgan fingerprint density at radius 3 is 2.29 bits per heavy atom. The minimum absolute atomic E-state index is 0.0150. The first-order chi connectivity index (χ1) is 6.49. The van der Waals surface area contributed by atoms with Crippen molar-refractivity contribution in [1.29, 1.82) is 0 Å². The van der Waals surface area contributed by atoms with Crippen molar-refractivity contribution in [3.63, 3.8) is 0 Å². The Bertz CT molecular complexity index is 169. The number of ether oxygens (including phenoxy) is 1. The Labute approximate surface area is 91.8 Å². The number of hydrogen-bond acceptors (Lipinski definition) is 3. The lowest BCUT2D eigenvalue weighted by molar-refractivity contribution is -0.146. The third-order valence-corrected chi connectivity index (χ3v) is 4.00. The Hall–Kier alpha value is -0.180. The van der Waals surface area contributed by atoms with Gasteiger partial charge in [0.05, 0.1) is 12.5 Å². The molecule has 0 aliphatic carbocycles. The van der Waals surface area contributed by atoms with Crippen LogP contribution < -0.4 is 0 Å². The molecule has 2 atom stereocenters. The van der Waals surface area contributed by atoms with Crippen LogP contribution in [0.5, 0.6) is 0 Å². The fraction of sp³-hybridized carbons (Fsp3) is 0.909. The van der Waals surface area contributed by atoms with E-state index in [-0.39, 0.29) is 11.9 Å². The standard InChI is InChI=1S/C11H22O2S/c1-6-13-11(12)9(4)7-14-10(5)8(2)3/h8-10H,6-7H2,1-5H3. The molecule has 0 heterocycles. The summed E-state index contributed by atoms with van der Waals surface area (Å²) in [6.07, 6.45) is 0. The summed E-state index contributed by atoms with van der Waals surface area (Å²) in [5, 5.41) is 0.604. The van der Waals surface area contributed by atoms with E-state index in [2.05, 4.69) is 20.8 Å². The molecule has 0 aromatic rings. The average molecular weight is 218 g/mol. The van der Waals surface area contributed by atoms with Crippen molar-refractivity contribution in [2.45, 2.75) is 39.9 Å². The zero-order chi connectivity index (χ0) is 11.1. The maximum absolute atomic E-state index is 11.3. The van der Waals surface area contributed by atoms with Gasteiger partial charge in [0.1, 0.15) is 0 Å². The normalized spacial score (nSPS) is 15.3. The molecule has 0 aromatic heterocycles. The number of rotatable bonds is 6. The molecular formula is C11H22O2S. The molecule has 0 bridgehead atoms. The van der Waals surface area contributed by atoms with Gasteiger partial charge in [-0.05, 0) is 12.8 Å². The van der Waals surface area contributed by atoms with Gasteiger partial charge in [-0.25, -0.2) is 0 Å². The highest BCUT2D eigenvalue weighted by Gasteiger charge is 2.16. The van der Waals surface area contributed by atoms with Crippen molar-refractivity contribution in [2.75, 3.05) is 12.4 Å². The van der Waals surface area contributed by atoms with Crippen LogP contribution in [0.25, 0.3) is 0 Å².